The first-order chi connectivity index (χ1) is 6.55. The number of hydrogen-bond donors (Lipinski definition) is 1. The van der Waals surface area contributed by atoms with E-state index < -0.39 is 10.0 Å². The minimum Gasteiger partial charge on any atom is -0.211 e. The summed E-state index contributed by atoms with van der Waals surface area (Å²) in [7, 11) is -3.25. The molecule has 84 valence electrons. The molecular formula is C9H18ClNO2S. The van der Waals surface area contributed by atoms with Crippen molar-refractivity contribution in [1.82, 2.24) is 4.72 Å². The van der Waals surface area contributed by atoms with Crippen LogP contribution in [-0.2, 0) is 10.0 Å². The average Bonchev–Trinajstić information content (AvgIpc) is 2.32. The quantitative estimate of drug-likeness (QED) is 0.606. The second-order valence-electron chi connectivity index (χ2n) is 4.06. The van der Waals surface area contributed by atoms with E-state index in [1.807, 2.05) is 0 Å². The van der Waals surface area contributed by atoms with Crippen LogP contribution in [0.5, 0.6) is 0 Å². The van der Waals surface area contributed by atoms with Crippen LogP contribution in [0.3, 0.4) is 0 Å². The average molecular weight is 240 g/mol. The third kappa shape index (κ3) is 3.75. The first-order valence-corrected chi connectivity index (χ1v) is 7.30. The molecule has 0 aromatic carbocycles. The lowest BCUT2D eigenvalue weighted by molar-refractivity contribution is 0.400. The summed E-state index contributed by atoms with van der Waals surface area (Å²) in [5, 5.41) is -0.337. The van der Waals surface area contributed by atoms with Crippen molar-refractivity contribution in [3.8, 4) is 0 Å². The van der Waals surface area contributed by atoms with Gasteiger partial charge in [0.2, 0.25) is 10.0 Å². The van der Waals surface area contributed by atoms with Crippen molar-refractivity contribution in [3.63, 3.8) is 0 Å². The van der Waals surface area contributed by atoms with E-state index in [4.69, 9.17) is 11.6 Å². The van der Waals surface area contributed by atoms with E-state index in [0.717, 1.165) is 19.3 Å². The fourth-order valence-corrected chi connectivity index (χ4v) is 2.99. The Morgan fingerprint density at radius 3 is 2.57 bits per heavy atom. The molecule has 2 atom stereocenters. The molecular weight excluding hydrogens is 222 g/mol. The molecule has 1 aliphatic rings. The molecule has 1 rings (SSSR count). The van der Waals surface area contributed by atoms with E-state index in [1.54, 1.807) is 0 Å². The number of alkyl halides is 1. The number of sulfonamides is 1. The molecule has 5 heteroatoms. The van der Waals surface area contributed by atoms with Crippen molar-refractivity contribution in [2.24, 2.45) is 5.92 Å². The van der Waals surface area contributed by atoms with Gasteiger partial charge in [0.15, 0.2) is 0 Å². The van der Waals surface area contributed by atoms with Crippen LogP contribution in [0.15, 0.2) is 0 Å². The van der Waals surface area contributed by atoms with Gasteiger partial charge >= 0.3 is 0 Å². The lowest BCUT2D eigenvalue weighted by Crippen LogP contribution is -2.39. The summed E-state index contributed by atoms with van der Waals surface area (Å²) < 4.78 is 25.2. The zero-order valence-corrected chi connectivity index (χ0v) is 10.1. The first-order valence-electron chi connectivity index (χ1n) is 5.11. The predicted octanol–water partition coefficient (Wildman–Crippen LogP) is 2.07. The molecule has 0 saturated heterocycles. The molecule has 0 aromatic heterocycles. The van der Waals surface area contributed by atoms with Gasteiger partial charge in [0.1, 0.15) is 5.21 Å². The highest BCUT2D eigenvalue weighted by Crippen LogP contribution is 2.23. The molecule has 0 aromatic rings. The minimum atomic E-state index is -3.25. The molecule has 1 aliphatic carbocycles. The van der Waals surface area contributed by atoms with Gasteiger partial charge in [0.05, 0.1) is 0 Å². The topological polar surface area (TPSA) is 46.2 Å². The predicted molar refractivity (Wildman–Crippen MR) is 58.8 cm³/mol. The van der Waals surface area contributed by atoms with E-state index in [-0.39, 0.29) is 11.3 Å². The van der Waals surface area contributed by atoms with Crippen LogP contribution in [0.1, 0.15) is 39.0 Å². The van der Waals surface area contributed by atoms with Crippen LogP contribution in [0.4, 0.5) is 0 Å². The van der Waals surface area contributed by atoms with E-state index >= 15 is 0 Å². The van der Waals surface area contributed by atoms with Gasteiger partial charge in [-0.25, -0.2) is 13.1 Å². The normalized spacial score (nSPS) is 29.9. The number of halogens is 1. The highest BCUT2D eigenvalue weighted by Gasteiger charge is 2.23. The van der Waals surface area contributed by atoms with Crippen molar-refractivity contribution in [2.45, 2.75) is 45.1 Å². The molecule has 14 heavy (non-hydrogen) atoms. The zero-order chi connectivity index (χ0) is 10.6. The number of nitrogens with one attached hydrogen (secondary N) is 1. The van der Waals surface area contributed by atoms with Gasteiger partial charge < -0.3 is 0 Å². The highest BCUT2D eigenvalue weighted by molar-refractivity contribution is 7.90. The molecule has 2 unspecified atom stereocenters. The van der Waals surface area contributed by atoms with Crippen molar-refractivity contribution in [3.05, 3.63) is 0 Å². The smallest absolute Gasteiger partial charge is 0.211 e. The second kappa shape index (κ2) is 5.33. The van der Waals surface area contributed by atoms with Gasteiger partial charge in [0.25, 0.3) is 0 Å². The number of hydrogen-bond acceptors (Lipinski definition) is 2. The van der Waals surface area contributed by atoms with Crippen LogP contribution in [0.25, 0.3) is 0 Å². The Morgan fingerprint density at radius 1 is 1.29 bits per heavy atom. The molecule has 1 N–H and O–H groups in total. The van der Waals surface area contributed by atoms with E-state index in [2.05, 4.69) is 11.6 Å². The summed E-state index contributed by atoms with van der Waals surface area (Å²) in [4.78, 5) is 0. The SMILES string of the molecule is CC1CCCCCC1NS(=O)(=O)CCl. The zero-order valence-electron chi connectivity index (χ0n) is 8.50. The summed E-state index contributed by atoms with van der Waals surface area (Å²) >= 11 is 5.35. The summed E-state index contributed by atoms with van der Waals surface area (Å²) in [5.41, 5.74) is 0. The molecule has 0 amide bonds. The summed E-state index contributed by atoms with van der Waals surface area (Å²) in [6.07, 6.45) is 5.58. The fourth-order valence-electron chi connectivity index (χ4n) is 1.93. The van der Waals surface area contributed by atoms with Crippen LogP contribution >= 0.6 is 11.6 Å². The summed E-state index contributed by atoms with van der Waals surface area (Å²) in [6, 6.07) is 0.0845. The maximum absolute atomic E-state index is 11.3. The Hall–Kier alpha value is 0.200. The Labute approximate surface area is 91.3 Å². The van der Waals surface area contributed by atoms with Crippen molar-refractivity contribution in [1.29, 1.82) is 0 Å². The van der Waals surface area contributed by atoms with Crippen LogP contribution in [0, 0.1) is 5.92 Å². The Kier molecular flexibility index (Phi) is 4.67. The number of rotatable bonds is 3. The molecule has 0 radical (unpaired) electrons. The van der Waals surface area contributed by atoms with Crippen molar-refractivity contribution >= 4 is 21.6 Å². The van der Waals surface area contributed by atoms with Crippen LogP contribution in [0.2, 0.25) is 0 Å². The van der Waals surface area contributed by atoms with E-state index in [1.165, 1.54) is 12.8 Å². The van der Waals surface area contributed by atoms with Gasteiger partial charge in [-0.15, -0.1) is 11.6 Å². The molecule has 0 heterocycles. The van der Waals surface area contributed by atoms with Gasteiger partial charge in [-0.2, -0.15) is 0 Å². The van der Waals surface area contributed by atoms with Gasteiger partial charge in [-0.3, -0.25) is 0 Å². The van der Waals surface area contributed by atoms with Gasteiger partial charge in [-0.1, -0.05) is 26.2 Å². The molecule has 0 spiro atoms. The molecule has 0 bridgehead atoms. The van der Waals surface area contributed by atoms with E-state index in [9.17, 15) is 8.42 Å². The second-order valence-corrected chi connectivity index (χ2v) is 6.40. The van der Waals surface area contributed by atoms with Crippen LogP contribution < -0.4 is 4.72 Å². The molecule has 1 saturated carbocycles. The summed E-state index contributed by atoms with van der Waals surface area (Å²) in [6.45, 7) is 2.10. The standard InChI is InChI=1S/C9H18ClNO2S/c1-8-5-3-2-4-6-9(8)11-14(12,13)7-10/h8-9,11H,2-7H2,1H3. The molecule has 3 nitrogen and oxygen atoms in total. The Balaban J connectivity index is 2.57. The maximum Gasteiger partial charge on any atom is 0.225 e. The maximum atomic E-state index is 11.3. The lowest BCUT2D eigenvalue weighted by atomic mass is 9.98. The third-order valence-corrected chi connectivity index (χ3v) is 4.65. The fraction of sp³-hybridized carbons (Fsp3) is 1.00. The van der Waals surface area contributed by atoms with Gasteiger partial charge in [-0.05, 0) is 18.8 Å². The van der Waals surface area contributed by atoms with Crippen molar-refractivity contribution in [2.75, 3.05) is 5.21 Å². The lowest BCUT2D eigenvalue weighted by Gasteiger charge is -2.21. The molecule has 0 aliphatic heterocycles. The molecule has 1 fully saturated rings. The minimum absolute atomic E-state index is 0.0845. The monoisotopic (exact) mass is 239 g/mol. The third-order valence-electron chi connectivity index (χ3n) is 2.84. The van der Waals surface area contributed by atoms with E-state index in [0.29, 0.717) is 5.92 Å². The Bertz CT molecular complexity index is 266. The first kappa shape index (κ1) is 12.3. The summed E-state index contributed by atoms with van der Waals surface area (Å²) in [5.74, 6) is 0.426. The highest BCUT2D eigenvalue weighted by atomic mass is 35.5. The largest absolute Gasteiger partial charge is 0.225 e. The van der Waals surface area contributed by atoms with Gasteiger partial charge in [0, 0.05) is 6.04 Å². The van der Waals surface area contributed by atoms with Crippen LogP contribution in [-0.4, -0.2) is 19.7 Å². The Morgan fingerprint density at radius 2 is 1.93 bits per heavy atom. The van der Waals surface area contributed by atoms with Crippen molar-refractivity contribution < 1.29 is 8.42 Å².